The molecule has 2 aromatic rings. The lowest BCUT2D eigenvalue weighted by atomic mass is 10.2. The Morgan fingerprint density at radius 2 is 2.25 bits per heavy atom. The molecule has 2 heterocycles. The highest BCUT2D eigenvalue weighted by Gasteiger charge is 2.14. The third kappa shape index (κ3) is 1.46. The molecule has 0 aliphatic heterocycles. The number of aryl methyl sites for hydroxylation is 1. The van der Waals surface area contributed by atoms with Crippen molar-refractivity contribution in [2.75, 3.05) is 5.73 Å². The minimum Gasteiger partial charge on any atom is -0.366 e. The Labute approximate surface area is 92.7 Å². The molecule has 1 unspecified atom stereocenters. The molecule has 0 aliphatic rings. The van der Waals surface area contributed by atoms with Gasteiger partial charge in [-0.05, 0) is 20.3 Å². The van der Waals surface area contributed by atoms with Gasteiger partial charge in [0.15, 0.2) is 0 Å². The van der Waals surface area contributed by atoms with Crippen LogP contribution in [0, 0.1) is 6.92 Å². The van der Waals surface area contributed by atoms with Gasteiger partial charge in [-0.25, -0.2) is 4.52 Å². The lowest BCUT2D eigenvalue weighted by Crippen LogP contribution is -2.27. The Hall–Kier alpha value is -1.85. The van der Waals surface area contributed by atoms with E-state index in [2.05, 4.69) is 10.1 Å². The van der Waals surface area contributed by atoms with Crippen LogP contribution >= 0.6 is 0 Å². The zero-order chi connectivity index (χ0) is 11.9. The van der Waals surface area contributed by atoms with Crippen LogP contribution in [0.1, 0.15) is 31.9 Å². The number of aromatic nitrogens is 4. The summed E-state index contributed by atoms with van der Waals surface area (Å²) in [6.45, 7) is 5.76. The van der Waals surface area contributed by atoms with Gasteiger partial charge >= 0.3 is 0 Å². The van der Waals surface area contributed by atoms with Crippen LogP contribution < -0.4 is 11.3 Å². The van der Waals surface area contributed by atoms with Crippen molar-refractivity contribution in [3.8, 4) is 0 Å². The van der Waals surface area contributed by atoms with E-state index >= 15 is 0 Å². The van der Waals surface area contributed by atoms with Crippen molar-refractivity contribution in [1.82, 2.24) is 19.2 Å². The molecule has 0 aromatic carbocycles. The number of rotatable bonds is 2. The smallest absolute Gasteiger partial charge is 0.258 e. The first-order valence-electron chi connectivity index (χ1n) is 5.28. The molecule has 86 valence electrons. The number of nitrogens with zero attached hydrogens (tertiary/aromatic N) is 4. The van der Waals surface area contributed by atoms with Gasteiger partial charge in [0.05, 0.1) is 0 Å². The molecule has 1 atom stereocenters. The van der Waals surface area contributed by atoms with Gasteiger partial charge < -0.3 is 5.73 Å². The zero-order valence-electron chi connectivity index (χ0n) is 9.64. The lowest BCUT2D eigenvalue weighted by molar-refractivity contribution is 0.515. The van der Waals surface area contributed by atoms with Gasteiger partial charge in [-0.1, -0.05) is 6.92 Å². The standard InChI is InChI=1S/C10H15N5O/c1-4-7(3)15-8(16)6(2)5-14-10(15)12-9(11)13-14/h5,7H,4H2,1-3H3,(H2,11,13). The molecule has 0 spiro atoms. The monoisotopic (exact) mass is 221 g/mol. The number of nitrogens with two attached hydrogens (primary N) is 1. The molecule has 2 rings (SSSR count). The van der Waals surface area contributed by atoms with E-state index in [1.165, 1.54) is 0 Å². The van der Waals surface area contributed by atoms with Crippen LogP contribution in [0.5, 0.6) is 0 Å². The number of hydrogen-bond acceptors (Lipinski definition) is 4. The van der Waals surface area contributed by atoms with Crippen molar-refractivity contribution in [2.45, 2.75) is 33.2 Å². The SMILES string of the molecule is CCC(C)n1c(=O)c(C)cn2nc(N)nc12. The molecule has 0 aliphatic carbocycles. The first-order chi connectivity index (χ1) is 7.54. The van der Waals surface area contributed by atoms with Crippen LogP contribution in [-0.4, -0.2) is 19.2 Å². The Balaban J connectivity index is 2.86. The number of fused-ring (bicyclic) bond motifs is 1. The lowest BCUT2D eigenvalue weighted by Gasteiger charge is -2.13. The molecule has 16 heavy (non-hydrogen) atoms. The molecule has 0 saturated carbocycles. The summed E-state index contributed by atoms with van der Waals surface area (Å²) < 4.78 is 3.19. The van der Waals surface area contributed by atoms with Crippen molar-refractivity contribution in [3.05, 3.63) is 22.1 Å². The summed E-state index contributed by atoms with van der Waals surface area (Å²) in [5, 5.41) is 4.02. The molecule has 0 fully saturated rings. The van der Waals surface area contributed by atoms with Gasteiger partial charge in [-0.2, -0.15) is 4.98 Å². The van der Waals surface area contributed by atoms with Crippen LogP contribution in [0.4, 0.5) is 5.95 Å². The second-order valence-electron chi connectivity index (χ2n) is 3.96. The Morgan fingerprint density at radius 1 is 1.56 bits per heavy atom. The number of nitrogen functional groups attached to an aromatic ring is 1. The molecule has 0 saturated heterocycles. The highest BCUT2D eigenvalue weighted by Crippen LogP contribution is 2.12. The van der Waals surface area contributed by atoms with E-state index in [0.717, 1.165) is 6.42 Å². The first kappa shape index (κ1) is 10.7. The summed E-state index contributed by atoms with van der Waals surface area (Å²) in [6.07, 6.45) is 2.51. The topological polar surface area (TPSA) is 78.2 Å². The molecule has 2 aromatic heterocycles. The molecular weight excluding hydrogens is 206 g/mol. The number of hydrogen-bond donors (Lipinski definition) is 1. The highest BCUT2D eigenvalue weighted by molar-refractivity contribution is 5.36. The van der Waals surface area contributed by atoms with Crippen LogP contribution in [0.3, 0.4) is 0 Å². The van der Waals surface area contributed by atoms with Crippen LogP contribution in [0.15, 0.2) is 11.0 Å². The quantitative estimate of drug-likeness (QED) is 0.811. The van der Waals surface area contributed by atoms with Crippen LogP contribution in [0.25, 0.3) is 5.78 Å². The molecule has 2 N–H and O–H groups in total. The minimum atomic E-state index is -0.0331. The molecule has 0 bridgehead atoms. The average molecular weight is 221 g/mol. The Bertz CT molecular complexity index is 583. The summed E-state index contributed by atoms with van der Waals surface area (Å²) in [5.41, 5.74) is 6.15. The van der Waals surface area contributed by atoms with Crippen LogP contribution in [0.2, 0.25) is 0 Å². The maximum absolute atomic E-state index is 12.0. The van der Waals surface area contributed by atoms with Gasteiger partial charge in [-0.15, -0.1) is 5.10 Å². The minimum absolute atomic E-state index is 0.0331. The largest absolute Gasteiger partial charge is 0.366 e. The summed E-state index contributed by atoms with van der Waals surface area (Å²) >= 11 is 0. The number of anilines is 1. The third-order valence-electron chi connectivity index (χ3n) is 2.75. The summed E-state index contributed by atoms with van der Waals surface area (Å²) in [7, 11) is 0. The maximum Gasteiger partial charge on any atom is 0.258 e. The first-order valence-corrected chi connectivity index (χ1v) is 5.28. The summed E-state index contributed by atoms with van der Waals surface area (Å²) in [4.78, 5) is 16.1. The molecule has 6 nitrogen and oxygen atoms in total. The van der Waals surface area contributed by atoms with E-state index in [1.54, 1.807) is 22.2 Å². The molecule has 0 radical (unpaired) electrons. The molecule has 6 heteroatoms. The Kier molecular flexibility index (Phi) is 2.41. The highest BCUT2D eigenvalue weighted by atomic mass is 16.1. The van der Waals surface area contributed by atoms with Crippen molar-refractivity contribution in [2.24, 2.45) is 0 Å². The van der Waals surface area contributed by atoms with Gasteiger partial charge in [0.2, 0.25) is 11.7 Å². The average Bonchev–Trinajstić information content (AvgIpc) is 2.59. The fourth-order valence-electron chi connectivity index (χ4n) is 1.68. The van der Waals surface area contributed by atoms with Crippen molar-refractivity contribution >= 4 is 11.7 Å². The van der Waals surface area contributed by atoms with Crippen molar-refractivity contribution in [1.29, 1.82) is 0 Å². The third-order valence-corrected chi connectivity index (χ3v) is 2.75. The van der Waals surface area contributed by atoms with E-state index < -0.39 is 0 Å². The second-order valence-corrected chi connectivity index (χ2v) is 3.96. The van der Waals surface area contributed by atoms with E-state index in [4.69, 9.17) is 5.73 Å². The fraction of sp³-hybridized carbons (Fsp3) is 0.500. The second kappa shape index (κ2) is 3.62. The van der Waals surface area contributed by atoms with Crippen LogP contribution in [-0.2, 0) is 0 Å². The van der Waals surface area contributed by atoms with E-state index in [9.17, 15) is 4.79 Å². The van der Waals surface area contributed by atoms with E-state index in [0.29, 0.717) is 11.3 Å². The maximum atomic E-state index is 12.0. The van der Waals surface area contributed by atoms with Gasteiger partial charge in [0.25, 0.3) is 5.56 Å². The summed E-state index contributed by atoms with van der Waals surface area (Å²) in [5.74, 6) is 0.685. The normalized spacial score (nSPS) is 13.2. The van der Waals surface area contributed by atoms with Gasteiger partial charge in [0.1, 0.15) is 0 Å². The van der Waals surface area contributed by atoms with Gasteiger partial charge in [-0.3, -0.25) is 9.36 Å². The fourth-order valence-corrected chi connectivity index (χ4v) is 1.68. The van der Waals surface area contributed by atoms with E-state index in [1.807, 2.05) is 13.8 Å². The van der Waals surface area contributed by atoms with Crippen molar-refractivity contribution in [3.63, 3.8) is 0 Å². The van der Waals surface area contributed by atoms with Crippen molar-refractivity contribution < 1.29 is 0 Å². The predicted molar refractivity (Wildman–Crippen MR) is 61.4 cm³/mol. The van der Waals surface area contributed by atoms with Gasteiger partial charge in [0, 0.05) is 17.8 Å². The summed E-state index contributed by atoms with van der Waals surface area (Å²) in [6, 6.07) is 0.0819. The molecular formula is C10H15N5O. The molecule has 0 amide bonds. The Morgan fingerprint density at radius 3 is 2.88 bits per heavy atom. The predicted octanol–water partition coefficient (Wildman–Crippen LogP) is 0.753. The van der Waals surface area contributed by atoms with E-state index in [-0.39, 0.29) is 17.5 Å². The zero-order valence-corrected chi connectivity index (χ0v) is 9.64.